The van der Waals surface area contributed by atoms with Crippen LogP contribution >= 0.6 is 0 Å². The zero-order chi connectivity index (χ0) is 23.6. The molecule has 4 aromatic rings. The molecular formula is C20H21N11O3. The largest absolute Gasteiger partial charge is 0.389 e. The molecule has 14 heteroatoms. The molecule has 2 aliphatic carbocycles. The van der Waals surface area contributed by atoms with Gasteiger partial charge in [-0.3, -0.25) is 4.79 Å². The Labute approximate surface area is 192 Å². The summed E-state index contributed by atoms with van der Waals surface area (Å²) in [6.45, 7) is 0. The number of anilines is 1. The molecule has 4 aromatic heterocycles. The summed E-state index contributed by atoms with van der Waals surface area (Å²) < 4.78 is 3.10. The van der Waals surface area contributed by atoms with Crippen LogP contribution < -0.4 is 10.6 Å². The Bertz CT molecular complexity index is 1400. The van der Waals surface area contributed by atoms with Crippen LogP contribution in [0.4, 0.5) is 5.82 Å². The smallest absolute Gasteiger partial charge is 0.256 e. The minimum absolute atomic E-state index is 0.217. The molecule has 0 bridgehead atoms. The number of hydrogen-bond donors (Lipinski definition) is 4. The first-order valence-corrected chi connectivity index (χ1v) is 10.7. The number of amides is 1. The molecule has 4 N–H and O–H groups in total. The molecule has 0 saturated heterocycles. The maximum Gasteiger partial charge on any atom is 0.256 e. The number of aliphatic hydroxyl groups is 2. The van der Waals surface area contributed by atoms with Crippen molar-refractivity contribution in [3.8, 4) is 17.5 Å². The number of aliphatic hydroxyl groups excluding tert-OH is 2. The van der Waals surface area contributed by atoms with Gasteiger partial charge in [0.1, 0.15) is 6.10 Å². The van der Waals surface area contributed by atoms with Gasteiger partial charge in [-0.05, 0) is 12.5 Å². The normalized spacial score (nSPS) is 27.5. The first-order chi connectivity index (χ1) is 16.5. The van der Waals surface area contributed by atoms with Crippen LogP contribution in [0, 0.1) is 11.3 Å². The van der Waals surface area contributed by atoms with Gasteiger partial charge in [0, 0.05) is 32.4 Å². The quantitative estimate of drug-likeness (QED) is 0.283. The average molecular weight is 463 g/mol. The first-order valence-electron chi connectivity index (χ1n) is 10.7. The van der Waals surface area contributed by atoms with Crippen molar-refractivity contribution in [1.82, 2.24) is 49.8 Å². The topological polar surface area (TPSA) is 182 Å². The van der Waals surface area contributed by atoms with Crippen LogP contribution in [0.3, 0.4) is 0 Å². The van der Waals surface area contributed by atoms with Gasteiger partial charge in [0.15, 0.2) is 28.5 Å². The number of imidazole rings is 1. The van der Waals surface area contributed by atoms with E-state index < -0.39 is 23.7 Å². The van der Waals surface area contributed by atoms with Crippen molar-refractivity contribution < 1.29 is 15.0 Å². The Morgan fingerprint density at radius 2 is 1.97 bits per heavy atom. The Morgan fingerprint density at radius 1 is 1.18 bits per heavy atom. The van der Waals surface area contributed by atoms with Crippen molar-refractivity contribution >= 4 is 22.9 Å². The second-order valence-electron chi connectivity index (χ2n) is 8.42. The number of fused-ring (bicyclic) bond motifs is 2. The van der Waals surface area contributed by atoms with Gasteiger partial charge >= 0.3 is 0 Å². The predicted molar refractivity (Wildman–Crippen MR) is 116 cm³/mol. The number of hydrogen-bond acceptors (Lipinski definition) is 11. The van der Waals surface area contributed by atoms with Crippen molar-refractivity contribution in [2.45, 2.75) is 24.7 Å². The SMILES string of the molecule is CNC(=O)C12CC1[C@@H](n1cnc3c(NC)nc(-n4cc(-c5ncccn5)nn4)nc31)[C@H](O)[C@@H]2O. The minimum Gasteiger partial charge on any atom is -0.389 e. The summed E-state index contributed by atoms with van der Waals surface area (Å²) >= 11 is 0. The van der Waals surface area contributed by atoms with E-state index in [1.807, 2.05) is 0 Å². The molecule has 0 aromatic carbocycles. The summed E-state index contributed by atoms with van der Waals surface area (Å²) in [5.41, 5.74) is 0.357. The van der Waals surface area contributed by atoms with E-state index in [9.17, 15) is 15.0 Å². The monoisotopic (exact) mass is 463 g/mol. The Kier molecular flexibility index (Phi) is 4.37. The molecule has 2 aliphatic rings. The van der Waals surface area contributed by atoms with Gasteiger partial charge in [0.2, 0.25) is 5.91 Å². The fraction of sp³-hybridized carbons (Fsp3) is 0.400. The maximum absolute atomic E-state index is 12.5. The van der Waals surface area contributed by atoms with E-state index in [1.165, 1.54) is 11.7 Å². The van der Waals surface area contributed by atoms with Crippen molar-refractivity contribution in [3.05, 3.63) is 31.0 Å². The molecule has 0 spiro atoms. The molecule has 6 rings (SSSR count). The number of rotatable bonds is 5. The summed E-state index contributed by atoms with van der Waals surface area (Å²) in [5, 5.41) is 35.4. The summed E-state index contributed by atoms with van der Waals surface area (Å²) in [6.07, 6.45) is 4.51. The third-order valence-corrected chi connectivity index (χ3v) is 6.78. The summed E-state index contributed by atoms with van der Waals surface area (Å²) in [7, 11) is 3.23. The van der Waals surface area contributed by atoms with Gasteiger partial charge in [-0.1, -0.05) is 5.21 Å². The molecule has 0 aliphatic heterocycles. The van der Waals surface area contributed by atoms with E-state index in [0.29, 0.717) is 34.9 Å². The van der Waals surface area contributed by atoms with Crippen LogP contribution in [-0.2, 0) is 4.79 Å². The highest BCUT2D eigenvalue weighted by atomic mass is 16.3. The fourth-order valence-electron chi connectivity index (χ4n) is 5.08. The van der Waals surface area contributed by atoms with Crippen molar-refractivity contribution in [2.75, 3.05) is 19.4 Å². The summed E-state index contributed by atoms with van der Waals surface area (Å²) in [4.78, 5) is 34.4. The number of carbonyl (C=O) groups excluding carboxylic acids is 1. The van der Waals surface area contributed by atoms with Crippen molar-refractivity contribution in [1.29, 1.82) is 0 Å². The van der Waals surface area contributed by atoms with Crippen molar-refractivity contribution in [3.63, 3.8) is 0 Å². The van der Waals surface area contributed by atoms with E-state index in [0.717, 1.165) is 0 Å². The highest BCUT2D eigenvalue weighted by molar-refractivity contribution is 5.88. The third kappa shape index (κ3) is 2.69. The summed E-state index contributed by atoms with van der Waals surface area (Å²) in [6, 6.07) is 1.13. The number of aromatic nitrogens is 9. The lowest BCUT2D eigenvalue weighted by Crippen LogP contribution is -2.41. The number of nitrogens with one attached hydrogen (secondary N) is 2. The maximum atomic E-state index is 12.5. The van der Waals surface area contributed by atoms with E-state index >= 15 is 0 Å². The van der Waals surface area contributed by atoms with E-state index in [2.05, 4.69) is 45.9 Å². The predicted octanol–water partition coefficient (Wildman–Crippen LogP) is -1.07. The van der Waals surface area contributed by atoms with Crippen molar-refractivity contribution in [2.24, 2.45) is 11.3 Å². The van der Waals surface area contributed by atoms with Gasteiger partial charge < -0.3 is 25.4 Å². The second kappa shape index (κ2) is 7.23. The van der Waals surface area contributed by atoms with Gasteiger partial charge in [-0.2, -0.15) is 14.6 Å². The fourth-order valence-corrected chi connectivity index (χ4v) is 5.08. The van der Waals surface area contributed by atoms with E-state index in [-0.39, 0.29) is 17.8 Å². The van der Waals surface area contributed by atoms with Gasteiger partial charge in [-0.15, -0.1) is 5.10 Å². The molecule has 5 atom stereocenters. The van der Waals surface area contributed by atoms with Crippen LogP contribution in [-0.4, -0.2) is 86.9 Å². The van der Waals surface area contributed by atoms with Gasteiger partial charge in [0.25, 0.3) is 5.95 Å². The molecule has 174 valence electrons. The number of carbonyl (C=O) groups is 1. The highest BCUT2D eigenvalue weighted by Gasteiger charge is 2.75. The van der Waals surface area contributed by atoms with E-state index in [1.54, 1.807) is 42.6 Å². The molecular weight excluding hydrogens is 442 g/mol. The van der Waals surface area contributed by atoms with Crippen LogP contribution in [0.1, 0.15) is 12.5 Å². The second-order valence-corrected chi connectivity index (χ2v) is 8.42. The van der Waals surface area contributed by atoms with Crippen LogP contribution in [0.15, 0.2) is 31.0 Å². The molecule has 2 fully saturated rings. The van der Waals surface area contributed by atoms with Crippen LogP contribution in [0.2, 0.25) is 0 Å². The molecule has 0 radical (unpaired) electrons. The standard InChI is InChI=1S/C20H21N11O3/c1-21-16-11-17(27-19(26-16)31-7-10(28-29-31)15-23-4-3-5-24-15)30(8-25-11)12-9-6-20(9,18(34)22-2)14(33)13(12)32/h3-5,7-9,12-14,32-33H,6H2,1-2H3,(H,22,34)(H,21,26,27)/t9?,12-,13+,14+,20?/m1/s1. The van der Waals surface area contributed by atoms with Crippen LogP contribution in [0.25, 0.3) is 28.6 Å². The molecule has 14 nitrogen and oxygen atoms in total. The number of nitrogens with zero attached hydrogens (tertiary/aromatic N) is 9. The zero-order valence-corrected chi connectivity index (χ0v) is 18.2. The van der Waals surface area contributed by atoms with Gasteiger partial charge in [-0.25, -0.2) is 15.0 Å². The lowest BCUT2D eigenvalue weighted by Gasteiger charge is -2.23. The van der Waals surface area contributed by atoms with Gasteiger partial charge in [0.05, 0.1) is 30.1 Å². The summed E-state index contributed by atoms with van der Waals surface area (Å²) in [5.74, 6) is 0.555. The molecule has 34 heavy (non-hydrogen) atoms. The molecule has 2 saturated carbocycles. The molecule has 2 unspecified atom stereocenters. The van der Waals surface area contributed by atoms with Crippen LogP contribution in [0.5, 0.6) is 0 Å². The average Bonchev–Trinajstić information content (AvgIpc) is 3.14. The molecule has 1 amide bonds. The Balaban J connectivity index is 1.44. The van der Waals surface area contributed by atoms with E-state index in [4.69, 9.17) is 0 Å². The first kappa shape index (κ1) is 20.6. The lowest BCUT2D eigenvalue weighted by atomic mass is 9.98. The minimum atomic E-state index is -1.19. The molecule has 4 heterocycles. The highest BCUT2D eigenvalue weighted by Crippen LogP contribution is 2.67. The lowest BCUT2D eigenvalue weighted by molar-refractivity contribution is -0.132. The zero-order valence-electron chi connectivity index (χ0n) is 18.2. The Hall–Kier alpha value is -4.04. The third-order valence-electron chi connectivity index (χ3n) is 6.78. The Morgan fingerprint density at radius 3 is 2.71 bits per heavy atom.